The number of carbonyl (C=O) groups is 1. The Balaban J connectivity index is 2.39. The van der Waals surface area contributed by atoms with Gasteiger partial charge in [0.15, 0.2) is 0 Å². The van der Waals surface area contributed by atoms with Crippen molar-refractivity contribution in [3.8, 4) is 0 Å². The highest BCUT2D eigenvalue weighted by Crippen LogP contribution is 1.94. The van der Waals surface area contributed by atoms with Crippen LogP contribution in [0.3, 0.4) is 0 Å². The fraction of sp³-hybridized carbons (Fsp3) is 0.857. The van der Waals surface area contributed by atoms with E-state index in [-0.39, 0.29) is 11.9 Å². The summed E-state index contributed by atoms with van der Waals surface area (Å²) in [6, 6.07) is -0.354. The second-order valence-corrected chi connectivity index (χ2v) is 2.86. The first-order valence-corrected chi connectivity index (χ1v) is 3.97. The molecule has 4 nitrogen and oxygen atoms in total. The molecule has 0 bridgehead atoms. The quantitative estimate of drug-likeness (QED) is 0.501. The number of amides is 1. The third-order valence-corrected chi connectivity index (χ3v) is 1.82. The molecule has 0 aromatic rings. The highest BCUT2D eigenvalue weighted by Gasteiger charge is 2.18. The van der Waals surface area contributed by atoms with Crippen LogP contribution < -0.4 is 11.1 Å². The molecule has 0 aliphatic carbocycles. The van der Waals surface area contributed by atoms with Crippen LogP contribution >= 0.6 is 0 Å². The summed E-state index contributed by atoms with van der Waals surface area (Å²) < 4.78 is 0. The maximum atomic E-state index is 11.3. The Hall–Kier alpha value is -0.610. The predicted molar refractivity (Wildman–Crippen MR) is 43.1 cm³/mol. The highest BCUT2D eigenvalue weighted by atomic mass is 16.2. The summed E-state index contributed by atoms with van der Waals surface area (Å²) in [6.07, 6.45) is 0. The van der Waals surface area contributed by atoms with E-state index in [9.17, 15) is 4.79 Å². The third-order valence-electron chi connectivity index (χ3n) is 1.82. The maximum Gasteiger partial charge on any atom is 0.239 e. The number of nitrogens with two attached hydrogens (primary N) is 1. The lowest BCUT2D eigenvalue weighted by molar-refractivity contribution is -0.132. The second kappa shape index (κ2) is 3.69. The van der Waals surface area contributed by atoms with Crippen LogP contribution in [0.2, 0.25) is 0 Å². The van der Waals surface area contributed by atoms with Gasteiger partial charge in [0.2, 0.25) is 5.91 Å². The van der Waals surface area contributed by atoms with Crippen molar-refractivity contribution in [1.29, 1.82) is 0 Å². The lowest BCUT2D eigenvalue weighted by atomic mass is 10.2. The van der Waals surface area contributed by atoms with Gasteiger partial charge < -0.3 is 16.0 Å². The first-order chi connectivity index (χ1) is 5.22. The van der Waals surface area contributed by atoms with Gasteiger partial charge in [-0.25, -0.2) is 0 Å². The first kappa shape index (κ1) is 8.49. The van der Waals surface area contributed by atoms with Gasteiger partial charge in [0.1, 0.15) is 0 Å². The summed E-state index contributed by atoms with van der Waals surface area (Å²) in [5.41, 5.74) is 5.46. The minimum Gasteiger partial charge on any atom is -0.339 e. The van der Waals surface area contributed by atoms with Gasteiger partial charge in [0, 0.05) is 26.2 Å². The molecule has 11 heavy (non-hydrogen) atoms. The lowest BCUT2D eigenvalue weighted by Crippen LogP contribution is -2.51. The second-order valence-electron chi connectivity index (χ2n) is 2.86. The maximum absolute atomic E-state index is 11.3. The van der Waals surface area contributed by atoms with Gasteiger partial charge in [-0.05, 0) is 6.92 Å². The van der Waals surface area contributed by atoms with Gasteiger partial charge in [-0.2, -0.15) is 0 Å². The smallest absolute Gasteiger partial charge is 0.239 e. The Morgan fingerprint density at radius 3 is 2.55 bits per heavy atom. The molecule has 0 radical (unpaired) electrons. The zero-order chi connectivity index (χ0) is 8.27. The standard InChI is InChI=1S/C7H15N3O/c1-6(8)7(11)10-4-2-9-3-5-10/h6,9H,2-5,8H2,1H3/t6-/m0/s1. The molecule has 1 aliphatic rings. The van der Waals surface area contributed by atoms with Crippen molar-refractivity contribution in [3.05, 3.63) is 0 Å². The average molecular weight is 157 g/mol. The van der Waals surface area contributed by atoms with Crippen LogP contribution in [-0.2, 0) is 4.79 Å². The Labute approximate surface area is 66.7 Å². The van der Waals surface area contributed by atoms with Crippen LogP contribution in [0.5, 0.6) is 0 Å². The Kier molecular flexibility index (Phi) is 2.84. The number of hydrogen-bond acceptors (Lipinski definition) is 3. The van der Waals surface area contributed by atoms with E-state index in [0.29, 0.717) is 0 Å². The Morgan fingerprint density at radius 2 is 2.09 bits per heavy atom. The minimum absolute atomic E-state index is 0.0616. The Bertz CT molecular complexity index is 141. The van der Waals surface area contributed by atoms with Crippen LogP contribution in [-0.4, -0.2) is 43.0 Å². The topological polar surface area (TPSA) is 58.4 Å². The lowest BCUT2D eigenvalue weighted by Gasteiger charge is -2.28. The molecule has 0 aromatic carbocycles. The van der Waals surface area contributed by atoms with E-state index >= 15 is 0 Å². The number of carbonyl (C=O) groups excluding carboxylic acids is 1. The van der Waals surface area contributed by atoms with Crippen molar-refractivity contribution in [2.45, 2.75) is 13.0 Å². The summed E-state index contributed by atoms with van der Waals surface area (Å²) in [5, 5.41) is 3.17. The van der Waals surface area contributed by atoms with Crippen molar-refractivity contribution in [1.82, 2.24) is 10.2 Å². The molecule has 1 amide bonds. The van der Waals surface area contributed by atoms with Gasteiger partial charge in [0.05, 0.1) is 6.04 Å². The zero-order valence-electron chi connectivity index (χ0n) is 6.84. The monoisotopic (exact) mass is 157 g/mol. The van der Waals surface area contributed by atoms with E-state index in [4.69, 9.17) is 5.73 Å². The molecule has 0 saturated carbocycles. The molecule has 64 valence electrons. The molecule has 3 N–H and O–H groups in total. The summed E-state index contributed by atoms with van der Waals surface area (Å²) >= 11 is 0. The van der Waals surface area contributed by atoms with Crippen LogP contribution in [0.25, 0.3) is 0 Å². The molecule has 1 rings (SSSR count). The molecule has 0 aromatic heterocycles. The van der Waals surface area contributed by atoms with Gasteiger partial charge >= 0.3 is 0 Å². The predicted octanol–water partition coefficient (Wildman–Crippen LogP) is -1.23. The summed E-state index contributed by atoms with van der Waals surface area (Å²) in [4.78, 5) is 13.1. The number of rotatable bonds is 1. The van der Waals surface area contributed by atoms with Crippen molar-refractivity contribution in [2.75, 3.05) is 26.2 Å². The van der Waals surface area contributed by atoms with Gasteiger partial charge in [-0.15, -0.1) is 0 Å². The third kappa shape index (κ3) is 2.17. The van der Waals surface area contributed by atoms with Gasteiger partial charge in [-0.1, -0.05) is 0 Å². The van der Waals surface area contributed by atoms with E-state index in [0.717, 1.165) is 26.2 Å². The molecular formula is C7H15N3O. The van der Waals surface area contributed by atoms with Crippen molar-refractivity contribution in [2.24, 2.45) is 5.73 Å². The molecule has 0 spiro atoms. The highest BCUT2D eigenvalue weighted by molar-refractivity contribution is 5.81. The van der Waals surface area contributed by atoms with Crippen LogP contribution in [0.4, 0.5) is 0 Å². The molecule has 1 fully saturated rings. The zero-order valence-corrected chi connectivity index (χ0v) is 6.84. The van der Waals surface area contributed by atoms with E-state index in [2.05, 4.69) is 5.32 Å². The molecule has 1 heterocycles. The summed E-state index contributed by atoms with van der Waals surface area (Å²) in [6.45, 7) is 5.09. The summed E-state index contributed by atoms with van der Waals surface area (Å²) in [7, 11) is 0. The molecule has 1 aliphatic heterocycles. The fourth-order valence-electron chi connectivity index (χ4n) is 1.17. The van der Waals surface area contributed by atoms with Gasteiger partial charge in [0.25, 0.3) is 0 Å². The molecule has 0 unspecified atom stereocenters. The Morgan fingerprint density at radius 1 is 1.55 bits per heavy atom. The first-order valence-electron chi connectivity index (χ1n) is 3.97. The molecule has 1 saturated heterocycles. The van der Waals surface area contributed by atoms with Gasteiger partial charge in [-0.3, -0.25) is 4.79 Å². The number of nitrogens with zero attached hydrogens (tertiary/aromatic N) is 1. The minimum atomic E-state index is -0.354. The average Bonchev–Trinajstić information content (AvgIpc) is 2.05. The fourth-order valence-corrected chi connectivity index (χ4v) is 1.17. The van der Waals surface area contributed by atoms with E-state index in [1.54, 1.807) is 11.8 Å². The SMILES string of the molecule is C[C@H](N)C(=O)N1CCNCC1. The van der Waals surface area contributed by atoms with Crippen LogP contribution in [0.1, 0.15) is 6.92 Å². The summed E-state index contributed by atoms with van der Waals surface area (Å²) in [5.74, 6) is 0.0616. The normalized spacial score (nSPS) is 21.5. The van der Waals surface area contributed by atoms with Crippen molar-refractivity contribution < 1.29 is 4.79 Å². The molecular weight excluding hydrogens is 142 g/mol. The van der Waals surface area contributed by atoms with E-state index < -0.39 is 0 Å². The molecule has 4 heteroatoms. The van der Waals surface area contributed by atoms with Crippen molar-refractivity contribution in [3.63, 3.8) is 0 Å². The molecule has 1 atom stereocenters. The van der Waals surface area contributed by atoms with Crippen LogP contribution in [0, 0.1) is 0 Å². The van der Waals surface area contributed by atoms with E-state index in [1.807, 2.05) is 0 Å². The largest absolute Gasteiger partial charge is 0.339 e. The number of piperazine rings is 1. The number of hydrogen-bond donors (Lipinski definition) is 2. The van der Waals surface area contributed by atoms with Crippen molar-refractivity contribution >= 4 is 5.91 Å². The van der Waals surface area contributed by atoms with E-state index in [1.165, 1.54) is 0 Å². The number of nitrogens with one attached hydrogen (secondary N) is 1. The van der Waals surface area contributed by atoms with Crippen LogP contribution in [0.15, 0.2) is 0 Å².